The van der Waals surface area contributed by atoms with Gasteiger partial charge in [-0.25, -0.2) is 27.2 Å². The first kappa shape index (κ1) is 29.9. The van der Waals surface area contributed by atoms with Gasteiger partial charge in [0.2, 0.25) is 5.91 Å². The Morgan fingerprint density at radius 1 is 1.17 bits per heavy atom. The first-order chi connectivity index (χ1) is 22.9. The SMILES string of the molecule is [2H]C([2H])([2H])[C@@H](Nc1nc(C)nc2c1cc(C1CCS(=O)(=O)CC1)c(=O)n2CC(=O)NCCCCN1CC(C)C1)c1cccc(C(C)(F)F)c1. The van der Waals surface area contributed by atoms with Crippen LogP contribution in [0.3, 0.4) is 0 Å². The average molecular weight is 662 g/mol. The number of amides is 1. The Bertz CT molecular complexity index is 1850. The zero-order valence-electron chi connectivity index (χ0n) is 29.5. The van der Waals surface area contributed by atoms with E-state index in [0.29, 0.717) is 12.5 Å². The third-order valence-corrected chi connectivity index (χ3v) is 10.5. The molecule has 5 rings (SSSR count). The molecule has 4 heterocycles. The summed E-state index contributed by atoms with van der Waals surface area (Å²) in [4.78, 5) is 38.6. The summed E-state index contributed by atoms with van der Waals surface area (Å²) in [6.45, 7) is 4.95. The summed E-state index contributed by atoms with van der Waals surface area (Å²) in [7, 11) is -3.25. The lowest BCUT2D eigenvalue weighted by atomic mass is 9.93. The minimum absolute atomic E-state index is 0.0384. The van der Waals surface area contributed by atoms with E-state index in [9.17, 15) is 26.8 Å². The van der Waals surface area contributed by atoms with Gasteiger partial charge in [0, 0.05) is 47.8 Å². The molecule has 0 bridgehead atoms. The van der Waals surface area contributed by atoms with Gasteiger partial charge in [-0.05, 0) is 75.5 Å². The average Bonchev–Trinajstić information content (AvgIpc) is 2.99. The Labute approximate surface area is 273 Å². The van der Waals surface area contributed by atoms with Crippen LogP contribution in [0.2, 0.25) is 0 Å². The smallest absolute Gasteiger partial charge is 0.270 e. The second-order valence-corrected chi connectivity index (χ2v) is 15.1. The van der Waals surface area contributed by atoms with Crippen molar-refractivity contribution >= 4 is 32.6 Å². The maximum Gasteiger partial charge on any atom is 0.270 e. The highest BCUT2D eigenvalue weighted by molar-refractivity contribution is 7.91. The number of hydrogen-bond acceptors (Lipinski definition) is 8. The summed E-state index contributed by atoms with van der Waals surface area (Å²) in [5.41, 5.74) is -0.403. The van der Waals surface area contributed by atoms with Crippen molar-refractivity contribution in [3.05, 3.63) is 63.2 Å². The maximum absolute atomic E-state index is 14.2. The van der Waals surface area contributed by atoms with Crippen LogP contribution < -0.4 is 16.2 Å². The van der Waals surface area contributed by atoms with E-state index in [4.69, 9.17) is 4.11 Å². The lowest BCUT2D eigenvalue weighted by Gasteiger charge is -2.37. The van der Waals surface area contributed by atoms with E-state index in [2.05, 4.69) is 32.4 Å². The lowest BCUT2D eigenvalue weighted by molar-refractivity contribution is -0.121. The number of anilines is 1. The Morgan fingerprint density at radius 2 is 1.91 bits per heavy atom. The minimum atomic E-state index is -3.25. The van der Waals surface area contributed by atoms with Gasteiger partial charge in [0.1, 0.15) is 33.7 Å². The number of pyridine rings is 1. The van der Waals surface area contributed by atoms with E-state index in [1.807, 2.05) is 0 Å². The van der Waals surface area contributed by atoms with Crippen molar-refractivity contribution in [1.29, 1.82) is 0 Å². The highest BCUT2D eigenvalue weighted by Gasteiger charge is 2.29. The molecule has 1 amide bonds. The summed E-state index contributed by atoms with van der Waals surface area (Å²) in [5, 5.41) is 6.06. The molecule has 2 saturated heterocycles. The van der Waals surface area contributed by atoms with E-state index in [0.717, 1.165) is 45.5 Å². The number of sulfone groups is 1. The molecule has 2 N–H and O–H groups in total. The van der Waals surface area contributed by atoms with Gasteiger partial charge in [-0.2, -0.15) is 0 Å². The molecule has 2 fully saturated rings. The highest BCUT2D eigenvalue weighted by Crippen LogP contribution is 2.33. The number of nitrogens with zero attached hydrogens (tertiary/aromatic N) is 4. The molecule has 2 aliphatic heterocycles. The Hall–Kier alpha value is -3.45. The van der Waals surface area contributed by atoms with Gasteiger partial charge in [-0.15, -0.1) is 0 Å². The summed E-state index contributed by atoms with van der Waals surface area (Å²) in [6.07, 6.45) is 2.09. The van der Waals surface area contributed by atoms with Crippen molar-refractivity contribution in [3.63, 3.8) is 0 Å². The van der Waals surface area contributed by atoms with Gasteiger partial charge >= 0.3 is 0 Å². The number of aryl methyl sites for hydroxylation is 1. The Balaban J connectivity index is 1.51. The van der Waals surface area contributed by atoms with E-state index in [-0.39, 0.29) is 70.3 Å². The standard InChI is InChI=1S/C33H44F2N6O4S/c1-21-18-40(19-21)13-6-5-12-36-29(42)20-41-31-28(17-27(32(41)43)24-10-14-46(44,45)15-11-24)30(38-23(3)39-31)37-22(2)25-8-7-9-26(16-25)33(4,34)35/h7-9,16-17,21-22,24H,5-6,10-15,18-20H2,1-4H3,(H,36,42)(H,37,38,39)/t22-/m1/s1/i2D3. The number of nitrogens with one attached hydrogen (secondary N) is 2. The van der Waals surface area contributed by atoms with Crippen molar-refractivity contribution in [1.82, 2.24) is 24.8 Å². The number of rotatable bonds is 12. The second-order valence-electron chi connectivity index (χ2n) is 12.8. The molecule has 2 aliphatic rings. The van der Waals surface area contributed by atoms with Gasteiger partial charge in [-0.3, -0.25) is 14.2 Å². The van der Waals surface area contributed by atoms with Crippen molar-refractivity contribution in [3.8, 4) is 0 Å². The van der Waals surface area contributed by atoms with Gasteiger partial charge in [0.15, 0.2) is 0 Å². The minimum Gasteiger partial charge on any atom is -0.363 e. The summed E-state index contributed by atoms with van der Waals surface area (Å²) in [5.74, 6) is -3.32. The number of carbonyl (C=O) groups is 1. The fourth-order valence-electron chi connectivity index (χ4n) is 6.23. The zero-order chi connectivity index (χ0) is 35.7. The summed E-state index contributed by atoms with van der Waals surface area (Å²) >= 11 is 0. The number of halogens is 2. The maximum atomic E-state index is 14.2. The first-order valence-electron chi connectivity index (χ1n) is 17.3. The third-order valence-electron chi connectivity index (χ3n) is 8.75. The molecule has 0 spiro atoms. The fourth-order valence-corrected chi connectivity index (χ4v) is 7.73. The normalized spacial score (nSPS) is 19.5. The van der Waals surface area contributed by atoms with Gasteiger partial charge in [0.25, 0.3) is 11.5 Å². The fraction of sp³-hybridized carbons (Fsp3) is 0.576. The number of alkyl halides is 2. The van der Waals surface area contributed by atoms with Crippen molar-refractivity contribution in [2.45, 2.75) is 77.7 Å². The molecule has 13 heteroatoms. The molecule has 0 radical (unpaired) electrons. The van der Waals surface area contributed by atoms with Gasteiger partial charge in [-0.1, -0.05) is 25.1 Å². The van der Waals surface area contributed by atoms with Crippen LogP contribution in [0.1, 0.15) is 85.0 Å². The molecule has 0 unspecified atom stereocenters. The van der Waals surface area contributed by atoms with Crippen LogP contribution >= 0.6 is 0 Å². The lowest BCUT2D eigenvalue weighted by Crippen LogP contribution is -2.45. The number of aromatic nitrogens is 3. The second kappa shape index (κ2) is 13.7. The van der Waals surface area contributed by atoms with Gasteiger partial charge in [0.05, 0.1) is 16.9 Å². The Kier molecular flexibility index (Phi) is 8.93. The molecular formula is C33H44F2N6O4S. The van der Waals surface area contributed by atoms with Crippen LogP contribution in [0.15, 0.2) is 35.1 Å². The number of likely N-dealkylation sites (tertiary alicyclic amines) is 1. The number of benzene rings is 1. The summed E-state index contributed by atoms with van der Waals surface area (Å²) < 4.78 is 79.0. The first-order valence-corrected chi connectivity index (χ1v) is 17.6. The van der Waals surface area contributed by atoms with Crippen LogP contribution in [0, 0.1) is 12.8 Å². The Morgan fingerprint density at radius 3 is 2.59 bits per heavy atom. The number of hydrogen-bond donors (Lipinski definition) is 2. The number of carbonyl (C=O) groups excluding carboxylic acids is 1. The predicted octanol–water partition coefficient (Wildman–Crippen LogP) is 4.53. The molecule has 3 aromatic rings. The zero-order valence-corrected chi connectivity index (χ0v) is 27.3. The molecule has 46 heavy (non-hydrogen) atoms. The van der Waals surface area contributed by atoms with Crippen LogP contribution in [-0.2, 0) is 27.1 Å². The molecule has 0 aliphatic carbocycles. The topological polar surface area (TPSA) is 126 Å². The highest BCUT2D eigenvalue weighted by atomic mass is 32.2. The molecule has 1 aromatic carbocycles. The monoisotopic (exact) mass is 661 g/mol. The van der Waals surface area contributed by atoms with E-state index in [1.54, 1.807) is 13.0 Å². The van der Waals surface area contributed by atoms with E-state index < -0.39 is 46.0 Å². The predicted molar refractivity (Wildman–Crippen MR) is 175 cm³/mol. The third kappa shape index (κ3) is 8.09. The van der Waals surface area contributed by atoms with E-state index >= 15 is 0 Å². The largest absolute Gasteiger partial charge is 0.363 e. The van der Waals surface area contributed by atoms with Gasteiger partial charge < -0.3 is 15.5 Å². The summed E-state index contributed by atoms with van der Waals surface area (Å²) in [6, 6.07) is 5.23. The van der Waals surface area contributed by atoms with Crippen molar-refractivity contribution in [2.75, 3.05) is 43.0 Å². The van der Waals surface area contributed by atoms with Crippen molar-refractivity contribution < 1.29 is 26.1 Å². The van der Waals surface area contributed by atoms with Crippen LogP contribution in [0.4, 0.5) is 14.6 Å². The quantitative estimate of drug-likeness (QED) is 0.272. The number of fused-ring (bicyclic) bond motifs is 1. The number of unbranched alkanes of at least 4 members (excludes halogenated alkanes) is 1. The molecule has 0 saturated carbocycles. The molecule has 10 nitrogen and oxygen atoms in total. The van der Waals surface area contributed by atoms with Crippen LogP contribution in [0.5, 0.6) is 0 Å². The molecule has 1 atom stereocenters. The van der Waals surface area contributed by atoms with Crippen molar-refractivity contribution in [2.24, 2.45) is 5.92 Å². The van der Waals surface area contributed by atoms with Crippen LogP contribution in [0.25, 0.3) is 11.0 Å². The molecule has 250 valence electrons. The molecular weight excluding hydrogens is 614 g/mol. The van der Waals surface area contributed by atoms with E-state index in [1.165, 1.54) is 22.8 Å². The van der Waals surface area contributed by atoms with Crippen LogP contribution in [-0.4, -0.2) is 71.4 Å². The molecule has 2 aromatic heterocycles.